The van der Waals surface area contributed by atoms with Gasteiger partial charge in [0.05, 0.1) is 11.4 Å². The normalized spacial score (nSPS) is 10.3. The van der Waals surface area contributed by atoms with Gasteiger partial charge in [-0.25, -0.2) is 4.39 Å². The fraction of sp³-hybridized carbons (Fsp3) is 0.176. The first-order valence-corrected chi connectivity index (χ1v) is 7.76. The SMILES string of the molecule is CC(=O)N(CC(=O)Nc1ccccc1F)c1ccc(C)cc1Br. The lowest BCUT2D eigenvalue weighted by Crippen LogP contribution is -2.37. The second-order valence-corrected chi connectivity index (χ2v) is 5.94. The lowest BCUT2D eigenvalue weighted by atomic mass is 10.2. The number of hydrogen-bond acceptors (Lipinski definition) is 2. The molecule has 0 bridgehead atoms. The summed E-state index contributed by atoms with van der Waals surface area (Å²) in [7, 11) is 0. The number of aryl methyl sites for hydroxylation is 1. The summed E-state index contributed by atoms with van der Waals surface area (Å²) in [5.74, 6) is -1.28. The van der Waals surface area contributed by atoms with Crippen LogP contribution in [0.25, 0.3) is 0 Å². The molecule has 0 atom stereocenters. The van der Waals surface area contributed by atoms with E-state index in [2.05, 4.69) is 21.2 Å². The van der Waals surface area contributed by atoms with Crippen molar-refractivity contribution in [3.8, 4) is 0 Å². The molecule has 0 saturated heterocycles. The Balaban J connectivity index is 2.18. The second kappa shape index (κ2) is 7.37. The van der Waals surface area contributed by atoms with E-state index in [-0.39, 0.29) is 18.1 Å². The van der Waals surface area contributed by atoms with Crippen LogP contribution in [-0.2, 0) is 9.59 Å². The Morgan fingerprint density at radius 1 is 1.22 bits per heavy atom. The summed E-state index contributed by atoms with van der Waals surface area (Å²) in [6.45, 7) is 3.10. The number of nitrogens with zero attached hydrogens (tertiary/aromatic N) is 1. The van der Waals surface area contributed by atoms with E-state index in [1.54, 1.807) is 12.1 Å². The average molecular weight is 379 g/mol. The number of anilines is 2. The summed E-state index contributed by atoms with van der Waals surface area (Å²) in [6, 6.07) is 11.4. The number of hydrogen-bond donors (Lipinski definition) is 1. The fourth-order valence-electron chi connectivity index (χ4n) is 2.09. The predicted molar refractivity (Wildman–Crippen MR) is 91.9 cm³/mol. The zero-order chi connectivity index (χ0) is 17.0. The van der Waals surface area contributed by atoms with Gasteiger partial charge in [-0.15, -0.1) is 0 Å². The quantitative estimate of drug-likeness (QED) is 0.877. The molecule has 2 rings (SSSR count). The van der Waals surface area contributed by atoms with Gasteiger partial charge in [0.25, 0.3) is 0 Å². The van der Waals surface area contributed by atoms with Crippen molar-refractivity contribution in [2.45, 2.75) is 13.8 Å². The topological polar surface area (TPSA) is 49.4 Å². The van der Waals surface area contributed by atoms with Crippen LogP contribution in [0.3, 0.4) is 0 Å². The highest BCUT2D eigenvalue weighted by molar-refractivity contribution is 9.10. The molecule has 6 heteroatoms. The molecule has 2 aromatic carbocycles. The molecule has 0 saturated carbocycles. The van der Waals surface area contributed by atoms with Crippen LogP contribution in [0.15, 0.2) is 46.9 Å². The van der Waals surface area contributed by atoms with E-state index < -0.39 is 11.7 Å². The molecule has 0 aromatic heterocycles. The van der Waals surface area contributed by atoms with Gasteiger partial charge in [0.2, 0.25) is 11.8 Å². The molecule has 0 unspecified atom stereocenters. The summed E-state index contributed by atoms with van der Waals surface area (Å²) >= 11 is 3.40. The Bertz CT molecular complexity index is 749. The van der Waals surface area contributed by atoms with E-state index >= 15 is 0 Å². The third-order valence-corrected chi connectivity index (χ3v) is 3.86. The van der Waals surface area contributed by atoms with Crippen LogP contribution in [0.1, 0.15) is 12.5 Å². The van der Waals surface area contributed by atoms with Crippen molar-refractivity contribution in [3.05, 3.63) is 58.3 Å². The molecule has 4 nitrogen and oxygen atoms in total. The number of rotatable bonds is 4. The highest BCUT2D eigenvalue weighted by Crippen LogP contribution is 2.27. The third-order valence-electron chi connectivity index (χ3n) is 3.22. The lowest BCUT2D eigenvalue weighted by molar-refractivity contribution is -0.120. The van der Waals surface area contributed by atoms with Gasteiger partial charge < -0.3 is 10.2 Å². The number of halogens is 2. The molecular weight excluding hydrogens is 363 g/mol. The fourth-order valence-corrected chi connectivity index (χ4v) is 2.80. The molecular formula is C17H16BrFN2O2. The summed E-state index contributed by atoms with van der Waals surface area (Å²) in [6.07, 6.45) is 0. The molecule has 0 heterocycles. The van der Waals surface area contributed by atoms with Crippen LogP contribution in [-0.4, -0.2) is 18.4 Å². The number of amides is 2. The lowest BCUT2D eigenvalue weighted by Gasteiger charge is -2.22. The number of carbonyl (C=O) groups is 2. The van der Waals surface area contributed by atoms with Crippen LogP contribution in [0.4, 0.5) is 15.8 Å². The van der Waals surface area contributed by atoms with E-state index in [1.807, 2.05) is 19.1 Å². The van der Waals surface area contributed by atoms with Gasteiger partial charge in [0, 0.05) is 11.4 Å². The molecule has 0 aliphatic rings. The van der Waals surface area contributed by atoms with E-state index in [9.17, 15) is 14.0 Å². The van der Waals surface area contributed by atoms with E-state index in [4.69, 9.17) is 0 Å². The third kappa shape index (κ3) is 4.39. The van der Waals surface area contributed by atoms with Gasteiger partial charge in [0.15, 0.2) is 0 Å². The van der Waals surface area contributed by atoms with Gasteiger partial charge in [-0.1, -0.05) is 18.2 Å². The maximum atomic E-state index is 13.6. The van der Waals surface area contributed by atoms with Crippen molar-refractivity contribution in [2.75, 3.05) is 16.8 Å². The maximum absolute atomic E-state index is 13.6. The van der Waals surface area contributed by atoms with Gasteiger partial charge in [0.1, 0.15) is 12.4 Å². The molecule has 0 spiro atoms. The van der Waals surface area contributed by atoms with Crippen molar-refractivity contribution in [3.63, 3.8) is 0 Å². The predicted octanol–water partition coefficient (Wildman–Crippen LogP) is 3.89. The molecule has 0 fully saturated rings. The summed E-state index contributed by atoms with van der Waals surface area (Å²) < 4.78 is 14.3. The van der Waals surface area contributed by atoms with Crippen LogP contribution in [0.5, 0.6) is 0 Å². The van der Waals surface area contributed by atoms with Crippen LogP contribution < -0.4 is 10.2 Å². The molecule has 120 valence electrons. The van der Waals surface area contributed by atoms with E-state index in [0.717, 1.165) is 5.56 Å². The first kappa shape index (κ1) is 17.1. The van der Waals surface area contributed by atoms with Crippen molar-refractivity contribution in [2.24, 2.45) is 0 Å². The molecule has 23 heavy (non-hydrogen) atoms. The highest BCUT2D eigenvalue weighted by Gasteiger charge is 2.18. The Hall–Kier alpha value is -2.21. The number of carbonyl (C=O) groups excluding carboxylic acids is 2. The first-order valence-electron chi connectivity index (χ1n) is 6.97. The zero-order valence-electron chi connectivity index (χ0n) is 12.8. The largest absolute Gasteiger partial charge is 0.322 e. The summed E-state index contributed by atoms with van der Waals surface area (Å²) in [5.41, 5.74) is 1.70. The van der Waals surface area contributed by atoms with Gasteiger partial charge in [-0.2, -0.15) is 0 Å². The Kier molecular flexibility index (Phi) is 5.50. The minimum absolute atomic E-state index is 0.0870. The van der Waals surface area contributed by atoms with Crippen LogP contribution in [0, 0.1) is 12.7 Å². The smallest absolute Gasteiger partial charge is 0.244 e. The van der Waals surface area contributed by atoms with Crippen molar-refractivity contribution >= 4 is 39.1 Å². The Morgan fingerprint density at radius 3 is 2.52 bits per heavy atom. The highest BCUT2D eigenvalue weighted by atomic mass is 79.9. The summed E-state index contributed by atoms with van der Waals surface area (Å²) in [5, 5.41) is 2.47. The molecule has 0 radical (unpaired) electrons. The Labute approximate surface area is 142 Å². The van der Waals surface area contributed by atoms with Crippen molar-refractivity contribution in [1.82, 2.24) is 0 Å². The maximum Gasteiger partial charge on any atom is 0.244 e. The molecule has 2 amide bonds. The molecule has 1 N–H and O–H groups in total. The van der Waals surface area contributed by atoms with E-state index in [0.29, 0.717) is 10.2 Å². The number of nitrogens with one attached hydrogen (secondary N) is 1. The molecule has 2 aromatic rings. The molecule has 0 aliphatic carbocycles. The standard InChI is InChI=1S/C17H16BrFN2O2/c1-11-7-8-16(13(18)9-11)21(12(2)22)10-17(23)20-15-6-4-3-5-14(15)19/h3-9H,10H2,1-2H3,(H,20,23). The van der Waals surface area contributed by atoms with Crippen molar-refractivity contribution < 1.29 is 14.0 Å². The zero-order valence-corrected chi connectivity index (χ0v) is 14.4. The van der Waals surface area contributed by atoms with Crippen LogP contribution >= 0.6 is 15.9 Å². The number of benzene rings is 2. The van der Waals surface area contributed by atoms with Gasteiger partial charge in [-0.3, -0.25) is 9.59 Å². The van der Waals surface area contributed by atoms with Gasteiger partial charge in [-0.05, 0) is 52.7 Å². The minimum atomic E-state index is -0.522. The first-order chi connectivity index (χ1) is 10.9. The Morgan fingerprint density at radius 2 is 1.91 bits per heavy atom. The second-order valence-electron chi connectivity index (χ2n) is 5.09. The average Bonchev–Trinajstić information content (AvgIpc) is 2.48. The van der Waals surface area contributed by atoms with Crippen molar-refractivity contribution in [1.29, 1.82) is 0 Å². The minimum Gasteiger partial charge on any atom is -0.322 e. The summed E-state index contributed by atoms with van der Waals surface area (Å²) in [4.78, 5) is 25.4. The monoisotopic (exact) mass is 378 g/mol. The van der Waals surface area contributed by atoms with Crippen LogP contribution in [0.2, 0.25) is 0 Å². The molecule has 0 aliphatic heterocycles. The number of para-hydroxylation sites is 1. The van der Waals surface area contributed by atoms with Gasteiger partial charge >= 0.3 is 0 Å². The van der Waals surface area contributed by atoms with E-state index in [1.165, 1.54) is 30.0 Å².